The van der Waals surface area contributed by atoms with Crippen LogP contribution in [0.5, 0.6) is 11.6 Å². The lowest BCUT2D eigenvalue weighted by atomic mass is 10.1. The van der Waals surface area contributed by atoms with Gasteiger partial charge in [-0.05, 0) is 36.2 Å². The Balaban J connectivity index is 1.62. The van der Waals surface area contributed by atoms with E-state index < -0.39 is 6.04 Å². The van der Waals surface area contributed by atoms with Crippen molar-refractivity contribution in [2.24, 2.45) is 5.73 Å². The number of ether oxygens (including phenoxy) is 1. The normalized spacial score (nSPS) is 14.8. The smallest absolute Gasteiger partial charge is 0.240 e. The van der Waals surface area contributed by atoms with Gasteiger partial charge in [0, 0.05) is 18.5 Å². The number of nitrogens with zero attached hydrogens (tertiary/aromatic N) is 3. The van der Waals surface area contributed by atoms with E-state index in [2.05, 4.69) is 4.98 Å². The summed E-state index contributed by atoms with van der Waals surface area (Å²) in [6, 6.07) is 12.2. The molecule has 2 heterocycles. The topological polar surface area (TPSA) is 92.2 Å². The lowest BCUT2D eigenvalue weighted by Gasteiger charge is -2.19. The SMILES string of the molecule is N#Cc1cccnc1Oc1ccc(C[C@H](N)C(=O)N2CCSC2)cc1. The number of hydrogen-bond donors (Lipinski definition) is 1. The Morgan fingerprint density at radius 2 is 2.20 bits per heavy atom. The highest BCUT2D eigenvalue weighted by atomic mass is 32.2. The quantitative estimate of drug-likeness (QED) is 0.884. The van der Waals surface area contributed by atoms with E-state index in [1.54, 1.807) is 47.1 Å². The lowest BCUT2D eigenvalue weighted by Crippen LogP contribution is -2.43. The number of carbonyl (C=O) groups excluding carboxylic acids is 1. The average molecular weight is 354 g/mol. The van der Waals surface area contributed by atoms with Gasteiger partial charge in [-0.2, -0.15) is 5.26 Å². The van der Waals surface area contributed by atoms with Gasteiger partial charge in [0.1, 0.15) is 17.4 Å². The molecule has 0 aliphatic carbocycles. The predicted molar refractivity (Wildman–Crippen MR) is 96.2 cm³/mol. The maximum absolute atomic E-state index is 12.3. The van der Waals surface area contributed by atoms with Crippen molar-refractivity contribution in [3.05, 3.63) is 53.7 Å². The van der Waals surface area contributed by atoms with E-state index in [0.29, 0.717) is 17.7 Å². The van der Waals surface area contributed by atoms with E-state index >= 15 is 0 Å². The first-order valence-corrected chi connectivity index (χ1v) is 9.07. The number of aromatic nitrogens is 1. The van der Waals surface area contributed by atoms with Crippen molar-refractivity contribution >= 4 is 17.7 Å². The van der Waals surface area contributed by atoms with Crippen molar-refractivity contribution in [2.75, 3.05) is 18.2 Å². The van der Waals surface area contributed by atoms with Crippen LogP contribution in [-0.2, 0) is 11.2 Å². The highest BCUT2D eigenvalue weighted by Gasteiger charge is 2.24. The number of nitrogens with two attached hydrogens (primary N) is 1. The molecule has 0 unspecified atom stereocenters. The second-order valence-corrected chi connectivity index (χ2v) is 6.74. The molecule has 1 aliphatic rings. The molecular formula is C18H18N4O2S. The zero-order valence-electron chi connectivity index (χ0n) is 13.6. The third-order valence-electron chi connectivity index (χ3n) is 3.87. The molecule has 2 aromatic rings. The Hall–Kier alpha value is -2.56. The number of pyridine rings is 1. The number of rotatable bonds is 5. The monoisotopic (exact) mass is 354 g/mol. The van der Waals surface area contributed by atoms with E-state index in [1.807, 2.05) is 18.2 Å². The number of thioether (sulfide) groups is 1. The molecule has 6 nitrogen and oxygen atoms in total. The second kappa shape index (κ2) is 8.01. The molecule has 1 amide bonds. The van der Waals surface area contributed by atoms with E-state index in [4.69, 9.17) is 15.7 Å². The molecule has 1 aromatic carbocycles. The number of hydrogen-bond acceptors (Lipinski definition) is 6. The van der Waals surface area contributed by atoms with Gasteiger partial charge < -0.3 is 15.4 Å². The van der Waals surface area contributed by atoms with Crippen LogP contribution in [0.4, 0.5) is 0 Å². The van der Waals surface area contributed by atoms with Crippen LogP contribution in [0.1, 0.15) is 11.1 Å². The summed E-state index contributed by atoms with van der Waals surface area (Å²) in [5.41, 5.74) is 7.39. The molecule has 1 aliphatic heterocycles. The van der Waals surface area contributed by atoms with Gasteiger partial charge in [-0.1, -0.05) is 12.1 Å². The summed E-state index contributed by atoms with van der Waals surface area (Å²) in [6.07, 6.45) is 2.05. The Morgan fingerprint density at radius 1 is 1.40 bits per heavy atom. The van der Waals surface area contributed by atoms with Crippen LogP contribution in [0, 0.1) is 11.3 Å². The van der Waals surface area contributed by atoms with Crippen LogP contribution in [-0.4, -0.2) is 40.0 Å². The lowest BCUT2D eigenvalue weighted by molar-refractivity contribution is -0.131. The maximum atomic E-state index is 12.3. The maximum Gasteiger partial charge on any atom is 0.240 e. The van der Waals surface area contributed by atoms with Crippen LogP contribution in [0.2, 0.25) is 0 Å². The fourth-order valence-electron chi connectivity index (χ4n) is 2.53. The van der Waals surface area contributed by atoms with Gasteiger partial charge in [0.05, 0.1) is 11.9 Å². The Bertz CT molecular complexity index is 782. The highest BCUT2D eigenvalue weighted by molar-refractivity contribution is 7.99. The molecule has 1 aromatic heterocycles. The summed E-state index contributed by atoms with van der Waals surface area (Å²) < 4.78 is 5.65. The van der Waals surface area contributed by atoms with Gasteiger partial charge >= 0.3 is 0 Å². The first-order valence-electron chi connectivity index (χ1n) is 7.91. The van der Waals surface area contributed by atoms with Crippen LogP contribution in [0.15, 0.2) is 42.6 Å². The van der Waals surface area contributed by atoms with Crippen LogP contribution in [0.25, 0.3) is 0 Å². The molecule has 3 rings (SSSR count). The van der Waals surface area contributed by atoms with Crippen LogP contribution < -0.4 is 10.5 Å². The third-order valence-corrected chi connectivity index (χ3v) is 4.83. The summed E-state index contributed by atoms with van der Waals surface area (Å²) in [5, 5.41) is 9.06. The Kier molecular flexibility index (Phi) is 5.53. The van der Waals surface area contributed by atoms with Crippen molar-refractivity contribution in [1.82, 2.24) is 9.88 Å². The van der Waals surface area contributed by atoms with Gasteiger partial charge in [-0.15, -0.1) is 11.8 Å². The van der Waals surface area contributed by atoms with Gasteiger partial charge in [0.2, 0.25) is 11.8 Å². The third kappa shape index (κ3) is 4.29. The number of amides is 1. The molecule has 1 saturated heterocycles. The summed E-state index contributed by atoms with van der Waals surface area (Å²) >= 11 is 1.74. The van der Waals surface area contributed by atoms with E-state index in [1.165, 1.54) is 0 Å². The number of nitriles is 1. The van der Waals surface area contributed by atoms with Crippen molar-refractivity contribution in [3.8, 4) is 17.7 Å². The fraction of sp³-hybridized carbons (Fsp3) is 0.278. The largest absolute Gasteiger partial charge is 0.438 e. The second-order valence-electron chi connectivity index (χ2n) is 5.66. The molecule has 1 fully saturated rings. The van der Waals surface area contributed by atoms with E-state index in [0.717, 1.165) is 23.7 Å². The molecule has 2 N–H and O–H groups in total. The van der Waals surface area contributed by atoms with Crippen LogP contribution >= 0.6 is 11.8 Å². The Morgan fingerprint density at radius 3 is 2.88 bits per heavy atom. The zero-order valence-corrected chi connectivity index (χ0v) is 14.4. The molecule has 1 atom stereocenters. The van der Waals surface area contributed by atoms with Crippen molar-refractivity contribution in [1.29, 1.82) is 5.26 Å². The molecule has 128 valence electrons. The molecule has 0 saturated carbocycles. The minimum Gasteiger partial charge on any atom is -0.438 e. The summed E-state index contributed by atoms with van der Waals surface area (Å²) in [5.74, 6) is 2.55. The van der Waals surface area contributed by atoms with E-state index in [-0.39, 0.29) is 11.8 Å². The van der Waals surface area contributed by atoms with Gasteiger partial charge in [-0.25, -0.2) is 4.98 Å². The number of carbonyl (C=O) groups is 1. The first kappa shape index (κ1) is 17.3. The summed E-state index contributed by atoms with van der Waals surface area (Å²) in [6.45, 7) is 0.773. The molecule has 25 heavy (non-hydrogen) atoms. The van der Waals surface area contributed by atoms with Crippen LogP contribution in [0.3, 0.4) is 0 Å². The molecular weight excluding hydrogens is 336 g/mol. The summed E-state index contributed by atoms with van der Waals surface area (Å²) in [7, 11) is 0. The molecule has 0 radical (unpaired) electrons. The standard InChI is InChI=1S/C18H18N4O2S/c19-11-14-2-1-7-21-17(14)24-15-5-3-13(4-6-15)10-16(20)18(23)22-8-9-25-12-22/h1-7,16H,8-10,12,20H2/t16-/m0/s1. The minimum atomic E-state index is -0.536. The predicted octanol–water partition coefficient (Wildman–Crippen LogP) is 2.15. The molecule has 0 bridgehead atoms. The number of benzene rings is 1. The van der Waals surface area contributed by atoms with Gasteiger partial charge in [0.15, 0.2) is 0 Å². The van der Waals surface area contributed by atoms with Gasteiger partial charge in [0.25, 0.3) is 0 Å². The van der Waals surface area contributed by atoms with Crippen molar-refractivity contribution < 1.29 is 9.53 Å². The molecule has 7 heteroatoms. The molecule has 0 spiro atoms. The van der Waals surface area contributed by atoms with Crippen molar-refractivity contribution in [3.63, 3.8) is 0 Å². The minimum absolute atomic E-state index is 0.00234. The van der Waals surface area contributed by atoms with E-state index in [9.17, 15) is 4.79 Å². The average Bonchev–Trinajstić information content (AvgIpc) is 3.18. The first-order chi connectivity index (χ1) is 12.2. The summed E-state index contributed by atoms with van der Waals surface area (Å²) in [4.78, 5) is 18.1. The van der Waals surface area contributed by atoms with Gasteiger partial charge in [-0.3, -0.25) is 4.79 Å². The highest BCUT2D eigenvalue weighted by Crippen LogP contribution is 2.23. The Labute approximate surface area is 150 Å². The fourth-order valence-corrected chi connectivity index (χ4v) is 3.48. The zero-order chi connectivity index (χ0) is 17.6. The van der Waals surface area contributed by atoms with Crippen molar-refractivity contribution in [2.45, 2.75) is 12.5 Å².